The maximum Gasteiger partial charge on any atom is 0.242 e. The molecule has 0 aromatic heterocycles. The summed E-state index contributed by atoms with van der Waals surface area (Å²) < 4.78 is 0. The average Bonchev–Trinajstić information content (AvgIpc) is 3.01. The second-order valence-corrected chi connectivity index (χ2v) is 8.10. The van der Waals surface area contributed by atoms with Crippen molar-refractivity contribution in [1.29, 1.82) is 0 Å². The summed E-state index contributed by atoms with van der Waals surface area (Å²) >= 11 is 0. The number of aryl methyl sites for hydroxylation is 1. The molecule has 1 fully saturated rings. The molecule has 2 atom stereocenters. The molecule has 1 heterocycles. The number of nitrogens with one attached hydrogen (secondary N) is 1. The van der Waals surface area contributed by atoms with Gasteiger partial charge in [0.25, 0.3) is 0 Å². The predicted octanol–water partition coefficient (Wildman–Crippen LogP) is 2.57. The van der Waals surface area contributed by atoms with Crippen LogP contribution in [0, 0.1) is 12.3 Å². The minimum Gasteiger partial charge on any atom is -0.387 e. The van der Waals surface area contributed by atoms with Crippen LogP contribution in [0.5, 0.6) is 0 Å². The van der Waals surface area contributed by atoms with Crippen molar-refractivity contribution in [2.24, 2.45) is 5.41 Å². The third kappa shape index (κ3) is 5.30. The smallest absolute Gasteiger partial charge is 0.242 e. The fourth-order valence-corrected chi connectivity index (χ4v) is 3.28. The number of likely N-dealkylation sites (tertiary alicyclic amines) is 1. The van der Waals surface area contributed by atoms with Gasteiger partial charge < -0.3 is 15.3 Å². The molecule has 2 amide bonds. The maximum absolute atomic E-state index is 12.5. The summed E-state index contributed by atoms with van der Waals surface area (Å²) in [5.41, 5.74) is 1.71. The molecule has 1 aromatic rings. The van der Waals surface area contributed by atoms with Gasteiger partial charge in [-0.25, -0.2) is 0 Å². The van der Waals surface area contributed by atoms with Gasteiger partial charge in [0.05, 0.1) is 6.10 Å². The molecule has 1 saturated heterocycles. The van der Waals surface area contributed by atoms with Crippen molar-refractivity contribution in [2.45, 2.75) is 59.1 Å². The summed E-state index contributed by atoms with van der Waals surface area (Å²) in [5.74, 6) is -0.142. The molecule has 2 rings (SSSR count). The minimum absolute atomic E-state index is 0.0320. The van der Waals surface area contributed by atoms with Gasteiger partial charge in [0.1, 0.15) is 6.04 Å². The first-order chi connectivity index (χ1) is 11.7. The Morgan fingerprint density at radius 3 is 2.64 bits per heavy atom. The maximum atomic E-state index is 12.5. The van der Waals surface area contributed by atoms with Gasteiger partial charge in [-0.1, -0.05) is 45.0 Å². The van der Waals surface area contributed by atoms with Crippen LogP contribution in [-0.2, 0) is 9.59 Å². The summed E-state index contributed by atoms with van der Waals surface area (Å²) in [6, 6.07) is 7.17. The lowest BCUT2D eigenvalue weighted by atomic mass is 9.91. The largest absolute Gasteiger partial charge is 0.387 e. The number of carbonyl (C=O) groups excluding carboxylic acids is 2. The zero-order valence-electron chi connectivity index (χ0n) is 15.7. The lowest BCUT2D eigenvalue weighted by Gasteiger charge is -2.28. The molecule has 0 saturated carbocycles. The van der Waals surface area contributed by atoms with E-state index >= 15 is 0 Å². The Bertz CT molecular complexity index is 622. The zero-order valence-corrected chi connectivity index (χ0v) is 15.7. The molecular weight excluding hydrogens is 316 g/mol. The summed E-state index contributed by atoms with van der Waals surface area (Å²) in [7, 11) is 0. The quantitative estimate of drug-likeness (QED) is 0.861. The highest BCUT2D eigenvalue weighted by Crippen LogP contribution is 2.25. The molecule has 0 spiro atoms. The van der Waals surface area contributed by atoms with E-state index in [1.54, 1.807) is 4.90 Å². The van der Waals surface area contributed by atoms with E-state index in [1.165, 1.54) is 0 Å². The zero-order chi connectivity index (χ0) is 18.6. The van der Waals surface area contributed by atoms with E-state index in [0.29, 0.717) is 19.4 Å². The highest BCUT2D eigenvalue weighted by Gasteiger charge is 2.35. The molecule has 5 heteroatoms. The van der Waals surface area contributed by atoms with Crippen molar-refractivity contribution in [3.05, 3.63) is 35.4 Å². The van der Waals surface area contributed by atoms with Crippen molar-refractivity contribution >= 4 is 11.8 Å². The Labute approximate surface area is 150 Å². The Morgan fingerprint density at radius 1 is 1.32 bits per heavy atom. The molecule has 0 aliphatic carbocycles. The van der Waals surface area contributed by atoms with Crippen LogP contribution in [0.2, 0.25) is 0 Å². The van der Waals surface area contributed by atoms with Crippen LogP contribution in [0.1, 0.15) is 57.3 Å². The van der Waals surface area contributed by atoms with Crippen molar-refractivity contribution in [1.82, 2.24) is 10.2 Å². The van der Waals surface area contributed by atoms with Gasteiger partial charge in [-0.2, -0.15) is 0 Å². The first-order valence-electron chi connectivity index (χ1n) is 9.00. The monoisotopic (exact) mass is 346 g/mol. The van der Waals surface area contributed by atoms with E-state index in [1.807, 2.05) is 52.0 Å². The van der Waals surface area contributed by atoms with Gasteiger partial charge in [0.15, 0.2) is 0 Å². The predicted molar refractivity (Wildman–Crippen MR) is 98.0 cm³/mol. The number of hydrogen-bond donors (Lipinski definition) is 2. The number of amides is 2. The van der Waals surface area contributed by atoms with Crippen LogP contribution in [0.15, 0.2) is 24.3 Å². The van der Waals surface area contributed by atoms with Crippen molar-refractivity contribution in [3.8, 4) is 0 Å². The van der Waals surface area contributed by atoms with Gasteiger partial charge >= 0.3 is 0 Å². The van der Waals surface area contributed by atoms with Crippen molar-refractivity contribution in [3.63, 3.8) is 0 Å². The summed E-state index contributed by atoms with van der Waals surface area (Å²) in [6.07, 6.45) is 1.21. The average molecular weight is 346 g/mol. The number of aliphatic hydroxyl groups is 1. The highest BCUT2D eigenvalue weighted by molar-refractivity contribution is 5.88. The van der Waals surface area contributed by atoms with Crippen molar-refractivity contribution < 1.29 is 14.7 Å². The first kappa shape index (κ1) is 19.4. The third-order valence-corrected chi connectivity index (χ3v) is 4.57. The number of benzene rings is 1. The molecule has 0 bridgehead atoms. The van der Waals surface area contributed by atoms with E-state index in [2.05, 4.69) is 5.32 Å². The molecule has 0 radical (unpaired) electrons. The molecule has 2 N–H and O–H groups in total. The lowest BCUT2D eigenvalue weighted by Crippen LogP contribution is -2.47. The van der Waals surface area contributed by atoms with E-state index in [9.17, 15) is 14.7 Å². The van der Waals surface area contributed by atoms with Gasteiger partial charge in [0, 0.05) is 19.5 Å². The minimum atomic E-state index is -0.745. The third-order valence-electron chi connectivity index (χ3n) is 4.57. The second-order valence-electron chi connectivity index (χ2n) is 8.10. The van der Waals surface area contributed by atoms with Gasteiger partial charge in [-0.3, -0.25) is 9.59 Å². The number of nitrogens with zero attached hydrogens (tertiary/aromatic N) is 1. The van der Waals surface area contributed by atoms with Crippen LogP contribution in [0.3, 0.4) is 0 Å². The van der Waals surface area contributed by atoms with E-state index < -0.39 is 12.1 Å². The number of hydrogen-bond acceptors (Lipinski definition) is 3. The van der Waals surface area contributed by atoms with Crippen LogP contribution in [0.25, 0.3) is 0 Å². The van der Waals surface area contributed by atoms with Crippen LogP contribution >= 0.6 is 0 Å². The fraction of sp³-hybridized carbons (Fsp3) is 0.600. The van der Waals surface area contributed by atoms with Crippen LogP contribution < -0.4 is 5.32 Å². The molecule has 1 aliphatic rings. The molecule has 2 unspecified atom stereocenters. The van der Waals surface area contributed by atoms with E-state index in [0.717, 1.165) is 17.5 Å². The summed E-state index contributed by atoms with van der Waals surface area (Å²) in [4.78, 5) is 26.7. The van der Waals surface area contributed by atoms with Crippen molar-refractivity contribution in [2.75, 3.05) is 13.1 Å². The Hall–Kier alpha value is -1.88. The number of aliphatic hydroxyl groups excluding tert-OH is 1. The highest BCUT2D eigenvalue weighted by atomic mass is 16.3. The Kier molecular flexibility index (Phi) is 6.22. The van der Waals surface area contributed by atoms with E-state index in [-0.39, 0.29) is 23.8 Å². The summed E-state index contributed by atoms with van der Waals surface area (Å²) in [5, 5.41) is 13.1. The SMILES string of the molecule is Cc1ccccc1C(O)CNC(=O)C1CCCN1C(=O)CC(C)(C)C. The van der Waals surface area contributed by atoms with Gasteiger partial charge in [-0.15, -0.1) is 0 Å². The number of carbonyl (C=O) groups is 2. The standard InChI is InChI=1S/C20H30N2O3/c1-14-8-5-6-9-15(14)17(23)13-21-19(25)16-10-7-11-22(16)18(24)12-20(2,3)4/h5-6,8-9,16-17,23H,7,10-13H2,1-4H3,(H,21,25). The molecule has 25 heavy (non-hydrogen) atoms. The van der Waals surface area contributed by atoms with E-state index in [4.69, 9.17) is 0 Å². The van der Waals surface area contributed by atoms with Gasteiger partial charge in [-0.05, 0) is 36.3 Å². The first-order valence-corrected chi connectivity index (χ1v) is 9.00. The fourth-order valence-electron chi connectivity index (χ4n) is 3.28. The lowest BCUT2D eigenvalue weighted by molar-refractivity contribution is -0.140. The van der Waals surface area contributed by atoms with Crippen LogP contribution in [0.4, 0.5) is 0 Å². The Balaban J connectivity index is 1.93. The molecule has 1 aromatic carbocycles. The summed E-state index contributed by atoms with van der Waals surface area (Å²) in [6.45, 7) is 8.79. The molecule has 138 valence electrons. The topological polar surface area (TPSA) is 69.6 Å². The molecular formula is C20H30N2O3. The number of rotatable bonds is 5. The Morgan fingerprint density at radius 2 is 2.00 bits per heavy atom. The second kappa shape index (κ2) is 8.00. The normalized spacial score (nSPS) is 18.9. The molecule has 5 nitrogen and oxygen atoms in total. The van der Waals surface area contributed by atoms with Crippen LogP contribution in [-0.4, -0.2) is 41.0 Å². The molecule has 1 aliphatic heterocycles. The van der Waals surface area contributed by atoms with Gasteiger partial charge in [0.2, 0.25) is 11.8 Å².